The average Bonchev–Trinajstić information content (AvgIpc) is 2.24. The van der Waals surface area contributed by atoms with Crippen LogP contribution in [0.25, 0.3) is 126 Å². The van der Waals surface area contributed by atoms with Crippen LogP contribution in [0.15, 0.2) is 220 Å². The van der Waals surface area contributed by atoms with Crippen molar-refractivity contribution in [3.63, 3.8) is 0 Å². The van der Waals surface area contributed by atoms with Gasteiger partial charge in [-0.3, -0.25) is 0 Å². The highest BCUT2D eigenvalue weighted by Crippen LogP contribution is 2.65. The van der Waals surface area contributed by atoms with Crippen LogP contribution >= 0.6 is 0 Å². The maximum Gasteiger partial charge on any atom is 0.0693 e. The molecule has 11 aromatic rings. The Labute approximate surface area is 469 Å². The van der Waals surface area contributed by atoms with E-state index in [0.29, 0.717) is 0 Å². The molecule has 3 aliphatic rings. The zero-order chi connectivity index (χ0) is 54.8. The first-order valence-corrected chi connectivity index (χ1v) is 27.8. The second-order valence-corrected chi connectivity index (χ2v) is 20.7. The van der Waals surface area contributed by atoms with Crippen LogP contribution in [0.4, 0.5) is 0 Å². The van der Waals surface area contributed by atoms with Gasteiger partial charge in [0.15, 0.2) is 0 Å². The number of aromatic amines is 1. The van der Waals surface area contributed by atoms with Crippen LogP contribution in [-0.2, 0) is 5.41 Å². The number of hydrogen-bond donors (Lipinski definition) is 1. The highest BCUT2D eigenvalue weighted by atomic mass is 15.0. The molecule has 0 radical (unpaired) electrons. The molecular formula is C76H62N4. The third kappa shape index (κ3) is 7.15. The number of H-pyrrole nitrogens is 1. The number of hydrogen-bond acceptors (Lipinski definition) is 0. The third-order valence-electron chi connectivity index (χ3n) is 16.7. The molecule has 0 bridgehead atoms. The lowest BCUT2D eigenvalue weighted by atomic mass is 9.69. The van der Waals surface area contributed by atoms with E-state index in [1.165, 1.54) is 93.7 Å². The normalized spacial score (nSPS) is 15.2. The summed E-state index contributed by atoms with van der Waals surface area (Å²) in [6, 6.07) is 56.9. The summed E-state index contributed by atoms with van der Waals surface area (Å²) in [6.07, 6.45) is 30.2. The Morgan fingerprint density at radius 3 is 1.40 bits per heavy atom. The maximum absolute atomic E-state index is 4.38. The van der Waals surface area contributed by atoms with Gasteiger partial charge in [0.25, 0.3) is 0 Å². The van der Waals surface area contributed by atoms with E-state index in [1.807, 2.05) is 56.4 Å². The fraction of sp³-hybridized carbons (Fsp3) is 0.0789. The molecule has 4 nitrogen and oxygen atoms in total. The zero-order valence-electron chi connectivity index (χ0n) is 45.9. The lowest BCUT2D eigenvalue weighted by Gasteiger charge is -2.33. The van der Waals surface area contributed by atoms with Gasteiger partial charge in [0, 0.05) is 72.2 Å². The van der Waals surface area contributed by atoms with Gasteiger partial charge in [0.1, 0.15) is 0 Å². The Hall–Kier alpha value is -9.90. The molecule has 3 aliphatic carbocycles. The molecule has 1 atom stereocenters. The van der Waals surface area contributed by atoms with Crippen LogP contribution in [0.3, 0.4) is 0 Å². The first-order valence-electron chi connectivity index (χ1n) is 27.8. The zero-order valence-corrected chi connectivity index (χ0v) is 45.9. The number of nitrogens with one attached hydrogen (secondary N) is 1. The largest absolute Gasteiger partial charge is 0.355 e. The van der Waals surface area contributed by atoms with Crippen molar-refractivity contribution in [2.24, 2.45) is 0 Å². The van der Waals surface area contributed by atoms with Gasteiger partial charge in [0.2, 0.25) is 0 Å². The minimum atomic E-state index is -0.575. The summed E-state index contributed by atoms with van der Waals surface area (Å²) in [5.41, 5.74) is 27.1. The number of rotatable bonds is 11. The summed E-state index contributed by atoms with van der Waals surface area (Å²) in [7, 11) is 0. The van der Waals surface area contributed by atoms with Crippen LogP contribution in [0, 0.1) is 0 Å². The van der Waals surface area contributed by atoms with Gasteiger partial charge in [-0.2, -0.15) is 0 Å². The molecule has 7 aromatic carbocycles. The SMILES string of the molecule is C=Cc1[nH]c(/C=C\C)c(C=C)c1/C=C\C.C=Cc1c(/C=C\C)n(-c2ccc3c(c2)C2(C4=C(C=CC4)c4ccc(-n5c(C=C)c(/C=C\C)c6ccccc65)cc42)c2cc(-n4c5ccccc5c5ccccc54)ccc2-3)c2ccccc12. The van der Waals surface area contributed by atoms with Crippen LogP contribution in [0.1, 0.15) is 101 Å². The van der Waals surface area contributed by atoms with Gasteiger partial charge in [-0.25, -0.2) is 0 Å². The molecule has 4 aromatic heterocycles. The molecule has 0 saturated heterocycles. The molecule has 0 amide bonds. The van der Waals surface area contributed by atoms with Gasteiger partial charge >= 0.3 is 0 Å². The fourth-order valence-corrected chi connectivity index (χ4v) is 13.7. The van der Waals surface area contributed by atoms with E-state index < -0.39 is 5.41 Å². The second kappa shape index (κ2) is 19.8. The van der Waals surface area contributed by atoms with E-state index >= 15 is 0 Å². The number of allylic oxidation sites excluding steroid dienone is 8. The van der Waals surface area contributed by atoms with Gasteiger partial charge in [0.05, 0.1) is 38.9 Å². The van der Waals surface area contributed by atoms with Gasteiger partial charge in [-0.15, -0.1) is 0 Å². The van der Waals surface area contributed by atoms with Gasteiger partial charge < -0.3 is 18.7 Å². The molecule has 0 aliphatic heterocycles. The Kier molecular flexibility index (Phi) is 12.3. The highest BCUT2D eigenvalue weighted by Gasteiger charge is 2.53. The van der Waals surface area contributed by atoms with Crippen molar-refractivity contribution in [2.45, 2.75) is 39.5 Å². The minimum Gasteiger partial charge on any atom is -0.355 e. The lowest BCUT2D eigenvalue weighted by Crippen LogP contribution is -2.28. The standard InChI is InChI=1S/C62H45N3.C14H17N/c1-5-18-47-49-21-10-14-27-59(49)63(56(47)8-4)39-30-33-44-43-24-17-25-52(43)62(53(44)36-39)54-37-40(64-57(19-6-2)42(7-3)48-20-9-13-26-58(48)64)31-34-45(54)46-35-32-41(38-55(46)62)65-60-28-15-11-22-50(60)51-23-12-16-29-61(51)65;1-5-9-12-11(7-3)14(10-6-2)15-13(12)8-4/h5-24,26-38H,3-4,25H2,1-2H3;5-10,15H,3-4H2,1-2H3/b18-5-,19-6-;9-5-,10-6-. The minimum absolute atomic E-state index is 0.575. The first-order chi connectivity index (χ1) is 39.4. The van der Waals surface area contributed by atoms with Crippen LogP contribution in [-0.4, -0.2) is 18.7 Å². The van der Waals surface area contributed by atoms with Crippen molar-refractivity contribution in [3.05, 3.63) is 287 Å². The van der Waals surface area contributed by atoms with Crippen molar-refractivity contribution < 1.29 is 0 Å². The Balaban J connectivity index is 0.000000352. The number of nitrogens with zero attached hydrogens (tertiary/aromatic N) is 3. The van der Waals surface area contributed by atoms with Crippen LogP contribution < -0.4 is 0 Å². The number of para-hydroxylation sites is 4. The van der Waals surface area contributed by atoms with Crippen molar-refractivity contribution in [3.8, 4) is 28.2 Å². The summed E-state index contributed by atoms with van der Waals surface area (Å²) < 4.78 is 7.32. The van der Waals surface area contributed by atoms with Crippen molar-refractivity contribution >= 4 is 97.8 Å². The lowest BCUT2D eigenvalue weighted by molar-refractivity contribution is 0.746. The van der Waals surface area contributed by atoms with E-state index in [2.05, 4.69) is 253 Å². The van der Waals surface area contributed by atoms with Crippen molar-refractivity contribution in [1.82, 2.24) is 18.7 Å². The predicted molar refractivity (Wildman–Crippen MR) is 347 cm³/mol. The molecule has 0 fully saturated rings. The molecule has 80 heavy (non-hydrogen) atoms. The second-order valence-electron chi connectivity index (χ2n) is 20.7. The molecule has 1 unspecified atom stereocenters. The maximum atomic E-state index is 4.38. The Morgan fingerprint density at radius 2 is 0.875 bits per heavy atom. The summed E-state index contributed by atoms with van der Waals surface area (Å²) in [5, 5.41) is 4.93. The molecular weight excluding hydrogens is 969 g/mol. The van der Waals surface area contributed by atoms with E-state index in [-0.39, 0.29) is 0 Å². The number of benzene rings is 7. The molecule has 14 rings (SSSR count). The molecule has 1 spiro atoms. The summed E-state index contributed by atoms with van der Waals surface area (Å²) in [6.45, 7) is 24.5. The van der Waals surface area contributed by atoms with Crippen LogP contribution in [0.5, 0.6) is 0 Å². The van der Waals surface area contributed by atoms with E-state index in [1.54, 1.807) is 0 Å². The number of fused-ring (bicyclic) bond motifs is 14. The van der Waals surface area contributed by atoms with Crippen molar-refractivity contribution in [2.75, 3.05) is 0 Å². The van der Waals surface area contributed by atoms with E-state index in [9.17, 15) is 0 Å². The Morgan fingerprint density at radius 1 is 0.412 bits per heavy atom. The topological polar surface area (TPSA) is 30.6 Å². The molecule has 4 heterocycles. The monoisotopic (exact) mass is 1030 g/mol. The molecule has 4 heteroatoms. The predicted octanol–water partition coefficient (Wildman–Crippen LogP) is 20.4. The highest BCUT2D eigenvalue weighted by molar-refractivity contribution is 6.10. The van der Waals surface area contributed by atoms with Gasteiger partial charge in [-0.1, -0.05) is 178 Å². The quantitative estimate of drug-likeness (QED) is 0.134. The smallest absolute Gasteiger partial charge is 0.0693 e. The summed E-state index contributed by atoms with van der Waals surface area (Å²) >= 11 is 0. The first kappa shape index (κ1) is 49.7. The molecule has 386 valence electrons. The number of aromatic nitrogens is 4. The third-order valence-corrected chi connectivity index (χ3v) is 16.7. The fourth-order valence-electron chi connectivity index (χ4n) is 13.7. The Bertz CT molecular complexity index is 4570. The van der Waals surface area contributed by atoms with E-state index in [4.69, 9.17) is 0 Å². The van der Waals surface area contributed by atoms with Gasteiger partial charge in [-0.05, 0) is 164 Å². The molecule has 0 saturated carbocycles. The molecule has 1 N–H and O–H groups in total. The van der Waals surface area contributed by atoms with Crippen LogP contribution in [0.2, 0.25) is 0 Å². The van der Waals surface area contributed by atoms with Crippen molar-refractivity contribution in [1.29, 1.82) is 0 Å². The average molecular weight is 1030 g/mol. The van der Waals surface area contributed by atoms with E-state index in [0.717, 1.165) is 62.9 Å². The summed E-state index contributed by atoms with van der Waals surface area (Å²) in [5.74, 6) is 0. The summed E-state index contributed by atoms with van der Waals surface area (Å²) in [4.78, 5) is 3.31.